The van der Waals surface area contributed by atoms with E-state index in [2.05, 4.69) is 37.4 Å². The second kappa shape index (κ2) is 11.0. The number of amides is 2. The van der Waals surface area contributed by atoms with Gasteiger partial charge in [0.2, 0.25) is 11.8 Å². The molecular formula is C24H31ClN2O2S. The molecule has 2 amide bonds. The summed E-state index contributed by atoms with van der Waals surface area (Å²) in [6.45, 7) is 5.65. The van der Waals surface area contributed by atoms with E-state index in [4.69, 9.17) is 11.6 Å². The van der Waals surface area contributed by atoms with Crippen LogP contribution < -0.4 is 0 Å². The lowest BCUT2D eigenvalue weighted by Crippen LogP contribution is -2.47. The first-order chi connectivity index (χ1) is 14.6. The topological polar surface area (TPSA) is 40.6 Å². The first kappa shape index (κ1) is 22.8. The predicted octanol–water partition coefficient (Wildman–Crippen LogP) is 5.18. The van der Waals surface area contributed by atoms with E-state index >= 15 is 0 Å². The molecule has 162 valence electrons. The highest BCUT2D eigenvalue weighted by Crippen LogP contribution is 2.39. The van der Waals surface area contributed by atoms with E-state index in [0.29, 0.717) is 13.1 Å². The Hall–Kier alpha value is -1.85. The van der Waals surface area contributed by atoms with Gasteiger partial charge >= 0.3 is 0 Å². The summed E-state index contributed by atoms with van der Waals surface area (Å²) in [7, 11) is 0. The zero-order valence-corrected chi connectivity index (χ0v) is 19.5. The molecule has 2 aromatic rings. The molecule has 1 aliphatic rings. The highest BCUT2D eigenvalue weighted by molar-refractivity contribution is 7.10. The van der Waals surface area contributed by atoms with E-state index in [1.54, 1.807) is 16.2 Å². The van der Waals surface area contributed by atoms with Crippen LogP contribution in [0.4, 0.5) is 0 Å². The lowest BCUT2D eigenvalue weighted by atomic mass is 9.90. The fourth-order valence-electron chi connectivity index (χ4n) is 4.15. The first-order valence-corrected chi connectivity index (χ1v) is 12.2. The van der Waals surface area contributed by atoms with Crippen LogP contribution in [-0.2, 0) is 16.0 Å². The van der Waals surface area contributed by atoms with Gasteiger partial charge < -0.3 is 9.80 Å². The van der Waals surface area contributed by atoms with E-state index in [9.17, 15) is 9.59 Å². The molecule has 1 aromatic carbocycles. The highest BCUT2D eigenvalue weighted by Gasteiger charge is 2.34. The van der Waals surface area contributed by atoms with Crippen molar-refractivity contribution in [3.63, 3.8) is 0 Å². The highest BCUT2D eigenvalue weighted by atomic mass is 35.5. The Kier molecular flexibility index (Phi) is 8.34. The number of thiophene rings is 1. The number of benzene rings is 1. The minimum absolute atomic E-state index is 0.0134. The number of alkyl halides is 1. The van der Waals surface area contributed by atoms with Crippen LogP contribution in [0.5, 0.6) is 0 Å². The summed E-state index contributed by atoms with van der Waals surface area (Å²) >= 11 is 7.57. The van der Waals surface area contributed by atoms with E-state index in [0.717, 1.165) is 31.2 Å². The fraction of sp³-hybridized carbons (Fsp3) is 0.500. The van der Waals surface area contributed by atoms with E-state index in [1.165, 1.54) is 16.0 Å². The number of rotatable bonds is 9. The molecule has 0 saturated carbocycles. The van der Waals surface area contributed by atoms with Crippen LogP contribution >= 0.6 is 22.9 Å². The molecule has 30 heavy (non-hydrogen) atoms. The zero-order valence-electron chi connectivity index (χ0n) is 17.9. The van der Waals surface area contributed by atoms with Gasteiger partial charge in [-0.2, -0.15) is 0 Å². The number of unbranched alkanes of at least 4 members (excludes halogenated alkanes) is 2. The Bertz CT molecular complexity index is 866. The molecule has 1 atom stereocenters. The summed E-state index contributed by atoms with van der Waals surface area (Å²) in [5.41, 5.74) is 3.56. The minimum Gasteiger partial charge on any atom is -0.333 e. The van der Waals surface area contributed by atoms with Crippen molar-refractivity contribution in [1.29, 1.82) is 0 Å². The van der Waals surface area contributed by atoms with Gasteiger partial charge in [0.05, 0.1) is 12.6 Å². The predicted molar refractivity (Wildman–Crippen MR) is 124 cm³/mol. The van der Waals surface area contributed by atoms with Crippen LogP contribution in [0.25, 0.3) is 0 Å². The van der Waals surface area contributed by atoms with E-state index in [1.807, 2.05) is 17.0 Å². The van der Waals surface area contributed by atoms with Gasteiger partial charge in [-0.05, 0) is 47.9 Å². The molecule has 6 heteroatoms. The fourth-order valence-corrected chi connectivity index (χ4v) is 5.22. The van der Waals surface area contributed by atoms with Crippen molar-refractivity contribution in [2.75, 3.05) is 25.5 Å². The average Bonchev–Trinajstić information content (AvgIpc) is 3.22. The van der Waals surface area contributed by atoms with Crippen LogP contribution in [0.2, 0.25) is 0 Å². The van der Waals surface area contributed by atoms with Crippen molar-refractivity contribution in [2.24, 2.45) is 0 Å². The van der Waals surface area contributed by atoms with Crippen LogP contribution in [-0.4, -0.2) is 47.1 Å². The van der Waals surface area contributed by atoms with Gasteiger partial charge in [-0.3, -0.25) is 9.59 Å². The van der Waals surface area contributed by atoms with Gasteiger partial charge in [0.15, 0.2) is 0 Å². The normalized spacial score (nSPS) is 15.7. The van der Waals surface area contributed by atoms with E-state index < -0.39 is 0 Å². The molecule has 0 aliphatic carbocycles. The largest absolute Gasteiger partial charge is 0.333 e. The Morgan fingerprint density at radius 3 is 2.73 bits per heavy atom. The third kappa shape index (κ3) is 5.25. The molecule has 4 nitrogen and oxygen atoms in total. The van der Waals surface area contributed by atoms with Crippen molar-refractivity contribution < 1.29 is 9.59 Å². The monoisotopic (exact) mass is 446 g/mol. The SMILES string of the molecule is CCCCCN(CC(=O)N1CCc2sccc2C1c1ccccc1C)C(=O)CCCl. The molecule has 0 radical (unpaired) electrons. The van der Waals surface area contributed by atoms with Crippen molar-refractivity contribution in [3.8, 4) is 0 Å². The Labute approximate surface area is 188 Å². The standard InChI is InChI=1S/C24H31ClN2O2S/c1-3-4-7-14-26(22(28)10-13-25)17-23(29)27-15-11-21-20(12-16-30-21)24(27)19-9-6-5-8-18(19)2/h5-6,8-9,12,16,24H,3-4,7,10-11,13-15,17H2,1-2H3. The zero-order chi connectivity index (χ0) is 21.5. The van der Waals surface area contributed by atoms with Gasteiger partial charge in [0.1, 0.15) is 0 Å². The first-order valence-electron chi connectivity index (χ1n) is 10.8. The number of carbonyl (C=O) groups is 2. The van der Waals surface area contributed by atoms with Gasteiger partial charge in [-0.15, -0.1) is 22.9 Å². The quantitative estimate of drug-likeness (QED) is 0.393. The summed E-state index contributed by atoms with van der Waals surface area (Å²) in [5, 5.41) is 2.12. The van der Waals surface area contributed by atoms with E-state index in [-0.39, 0.29) is 36.7 Å². The molecule has 1 aliphatic heterocycles. The van der Waals surface area contributed by atoms with Crippen molar-refractivity contribution in [1.82, 2.24) is 9.80 Å². The number of carbonyl (C=O) groups excluding carboxylic acids is 2. The van der Waals surface area contributed by atoms with Crippen molar-refractivity contribution >= 4 is 34.8 Å². The molecule has 1 unspecified atom stereocenters. The van der Waals surface area contributed by atoms with Gasteiger partial charge in [-0.1, -0.05) is 44.0 Å². The Morgan fingerprint density at radius 2 is 2.00 bits per heavy atom. The molecule has 0 bridgehead atoms. The maximum atomic E-state index is 13.5. The molecular weight excluding hydrogens is 416 g/mol. The number of aryl methyl sites for hydroxylation is 1. The molecule has 1 aromatic heterocycles. The minimum atomic E-state index is -0.0886. The number of hydrogen-bond donors (Lipinski definition) is 0. The summed E-state index contributed by atoms with van der Waals surface area (Å²) in [6.07, 6.45) is 4.18. The third-order valence-electron chi connectivity index (χ3n) is 5.79. The Balaban J connectivity index is 1.85. The molecule has 0 fully saturated rings. The summed E-state index contributed by atoms with van der Waals surface area (Å²) in [4.78, 5) is 31.1. The van der Waals surface area contributed by atoms with Gasteiger partial charge in [-0.25, -0.2) is 0 Å². The van der Waals surface area contributed by atoms with Crippen LogP contribution in [0.3, 0.4) is 0 Å². The lowest BCUT2D eigenvalue weighted by Gasteiger charge is -2.38. The smallest absolute Gasteiger partial charge is 0.242 e. The van der Waals surface area contributed by atoms with Crippen molar-refractivity contribution in [3.05, 3.63) is 57.3 Å². The summed E-state index contributed by atoms with van der Waals surface area (Å²) < 4.78 is 0. The maximum absolute atomic E-state index is 13.5. The number of fused-ring (bicyclic) bond motifs is 1. The Morgan fingerprint density at radius 1 is 1.20 bits per heavy atom. The second-order valence-corrected chi connectivity index (χ2v) is 9.24. The van der Waals surface area contributed by atoms with Crippen molar-refractivity contribution in [2.45, 2.75) is 52.0 Å². The van der Waals surface area contributed by atoms with Crippen LogP contribution in [0.15, 0.2) is 35.7 Å². The van der Waals surface area contributed by atoms with Crippen LogP contribution in [0, 0.1) is 6.92 Å². The second-order valence-electron chi connectivity index (χ2n) is 7.86. The molecule has 0 N–H and O–H groups in total. The number of hydrogen-bond acceptors (Lipinski definition) is 3. The summed E-state index contributed by atoms with van der Waals surface area (Å²) in [5.74, 6) is 0.264. The average molecular weight is 447 g/mol. The van der Waals surface area contributed by atoms with Crippen LogP contribution in [0.1, 0.15) is 60.2 Å². The van der Waals surface area contributed by atoms with Gasteiger partial charge in [0, 0.05) is 30.3 Å². The lowest BCUT2D eigenvalue weighted by molar-refractivity contribution is -0.141. The molecule has 3 rings (SSSR count). The number of nitrogens with zero attached hydrogens (tertiary/aromatic N) is 2. The molecule has 0 spiro atoms. The third-order valence-corrected chi connectivity index (χ3v) is 6.97. The van der Waals surface area contributed by atoms with Gasteiger partial charge in [0.25, 0.3) is 0 Å². The molecule has 2 heterocycles. The number of halogens is 1. The molecule has 0 saturated heterocycles. The maximum Gasteiger partial charge on any atom is 0.242 e. The summed E-state index contributed by atoms with van der Waals surface area (Å²) in [6, 6.07) is 10.3.